The highest BCUT2D eigenvalue weighted by molar-refractivity contribution is 7.16. The Kier molecular flexibility index (Phi) is 6.37. The molecule has 2 aliphatic heterocycles. The van der Waals surface area contributed by atoms with Gasteiger partial charge < -0.3 is 14.5 Å². The zero-order chi connectivity index (χ0) is 20.2. The standard InChI is InChI=1S/C21H24ClN3O3S/c22-19-6-5-16(29-19)15-23-9-11-24(12-10-23)20(26)7-8-21(27)25-13-14-28-18-4-2-1-3-17(18)25/h1-6H,7-15H2. The summed E-state index contributed by atoms with van der Waals surface area (Å²) in [5, 5.41) is 0. The largest absolute Gasteiger partial charge is 0.490 e. The first-order valence-corrected chi connectivity index (χ1v) is 11.1. The molecule has 0 spiro atoms. The quantitative estimate of drug-likeness (QED) is 0.726. The van der Waals surface area contributed by atoms with Gasteiger partial charge in [0.15, 0.2) is 0 Å². The van der Waals surface area contributed by atoms with Gasteiger partial charge in [0.25, 0.3) is 0 Å². The summed E-state index contributed by atoms with van der Waals surface area (Å²) in [5.41, 5.74) is 0.790. The number of halogens is 1. The maximum atomic E-state index is 12.7. The van der Waals surface area contributed by atoms with Gasteiger partial charge in [-0.05, 0) is 24.3 Å². The summed E-state index contributed by atoms with van der Waals surface area (Å²) in [6.07, 6.45) is 0.472. The number of piperazine rings is 1. The van der Waals surface area contributed by atoms with E-state index in [4.69, 9.17) is 16.3 Å². The van der Waals surface area contributed by atoms with Crippen LogP contribution < -0.4 is 9.64 Å². The Morgan fingerprint density at radius 3 is 2.48 bits per heavy atom. The van der Waals surface area contributed by atoms with Gasteiger partial charge in [0.1, 0.15) is 12.4 Å². The van der Waals surface area contributed by atoms with Crippen LogP contribution in [0, 0.1) is 0 Å². The smallest absolute Gasteiger partial charge is 0.227 e. The topological polar surface area (TPSA) is 53.1 Å². The van der Waals surface area contributed by atoms with Gasteiger partial charge in [-0.3, -0.25) is 14.5 Å². The van der Waals surface area contributed by atoms with Crippen molar-refractivity contribution in [3.8, 4) is 5.75 Å². The van der Waals surface area contributed by atoms with Crippen LogP contribution in [0.2, 0.25) is 4.34 Å². The number of rotatable bonds is 5. The molecule has 0 atom stereocenters. The molecule has 0 radical (unpaired) electrons. The average Bonchev–Trinajstić information content (AvgIpc) is 3.16. The maximum Gasteiger partial charge on any atom is 0.227 e. The molecular weight excluding hydrogens is 410 g/mol. The number of carbonyl (C=O) groups excluding carboxylic acids is 2. The third-order valence-corrected chi connectivity index (χ3v) is 6.53. The van der Waals surface area contributed by atoms with Crippen molar-refractivity contribution in [2.75, 3.05) is 44.2 Å². The van der Waals surface area contributed by atoms with Crippen molar-refractivity contribution in [3.05, 3.63) is 45.6 Å². The number of thiophene rings is 1. The van der Waals surface area contributed by atoms with Gasteiger partial charge in [0.05, 0.1) is 16.6 Å². The Labute approximate surface area is 179 Å². The first-order valence-electron chi connectivity index (χ1n) is 9.87. The lowest BCUT2D eigenvalue weighted by Crippen LogP contribution is -2.48. The summed E-state index contributed by atoms with van der Waals surface area (Å²) in [6.45, 7) is 4.95. The van der Waals surface area contributed by atoms with E-state index < -0.39 is 0 Å². The minimum absolute atomic E-state index is 0.0256. The predicted octanol–water partition coefficient (Wildman–Crippen LogP) is 3.25. The molecule has 29 heavy (non-hydrogen) atoms. The van der Waals surface area contributed by atoms with E-state index in [9.17, 15) is 9.59 Å². The van der Waals surface area contributed by atoms with Crippen LogP contribution in [-0.4, -0.2) is 60.9 Å². The molecule has 0 bridgehead atoms. The molecule has 0 unspecified atom stereocenters. The third kappa shape index (κ3) is 4.91. The van der Waals surface area contributed by atoms with Crippen molar-refractivity contribution < 1.29 is 14.3 Å². The predicted molar refractivity (Wildman–Crippen MR) is 115 cm³/mol. The molecule has 2 amide bonds. The second kappa shape index (κ2) is 9.15. The summed E-state index contributed by atoms with van der Waals surface area (Å²) in [7, 11) is 0. The molecule has 2 aliphatic rings. The second-order valence-electron chi connectivity index (χ2n) is 7.22. The number of carbonyl (C=O) groups is 2. The van der Waals surface area contributed by atoms with Crippen LogP contribution in [0.5, 0.6) is 5.75 Å². The number of ether oxygens (including phenoxy) is 1. The molecule has 0 saturated carbocycles. The van der Waals surface area contributed by atoms with E-state index in [0.717, 1.165) is 35.4 Å². The lowest BCUT2D eigenvalue weighted by atomic mass is 10.2. The van der Waals surface area contributed by atoms with Gasteiger partial charge in [-0.25, -0.2) is 0 Å². The number of fused-ring (bicyclic) bond motifs is 1. The molecule has 4 rings (SSSR count). The second-order valence-corrected chi connectivity index (χ2v) is 9.02. The molecule has 6 nitrogen and oxygen atoms in total. The van der Waals surface area contributed by atoms with Crippen LogP contribution in [0.15, 0.2) is 36.4 Å². The first kappa shape index (κ1) is 20.2. The van der Waals surface area contributed by atoms with Gasteiger partial charge in [0, 0.05) is 50.4 Å². The Morgan fingerprint density at radius 1 is 0.966 bits per heavy atom. The number of hydrogen-bond donors (Lipinski definition) is 0. The van der Waals surface area contributed by atoms with E-state index in [1.807, 2.05) is 35.2 Å². The van der Waals surface area contributed by atoms with Crippen LogP contribution in [0.4, 0.5) is 5.69 Å². The van der Waals surface area contributed by atoms with Crippen molar-refractivity contribution in [3.63, 3.8) is 0 Å². The molecule has 3 heterocycles. The molecule has 1 fully saturated rings. The Morgan fingerprint density at radius 2 is 1.72 bits per heavy atom. The Bertz CT molecular complexity index is 880. The molecule has 0 N–H and O–H groups in total. The van der Waals surface area contributed by atoms with Crippen LogP contribution in [0.1, 0.15) is 17.7 Å². The normalized spacial score (nSPS) is 17.0. The van der Waals surface area contributed by atoms with Gasteiger partial charge >= 0.3 is 0 Å². The van der Waals surface area contributed by atoms with Gasteiger partial charge in [0.2, 0.25) is 11.8 Å². The number of para-hydroxylation sites is 2. The summed E-state index contributed by atoms with van der Waals surface area (Å²) >= 11 is 7.60. The fraction of sp³-hybridized carbons (Fsp3) is 0.429. The Hall–Kier alpha value is -2.09. The van der Waals surface area contributed by atoms with E-state index >= 15 is 0 Å². The number of benzene rings is 1. The number of nitrogens with zero attached hydrogens (tertiary/aromatic N) is 3. The molecule has 8 heteroatoms. The van der Waals surface area contributed by atoms with Crippen molar-refractivity contribution >= 4 is 40.4 Å². The van der Waals surface area contributed by atoms with Crippen molar-refractivity contribution in [1.82, 2.24) is 9.80 Å². The van der Waals surface area contributed by atoms with Crippen LogP contribution in [0.3, 0.4) is 0 Å². The van der Waals surface area contributed by atoms with Crippen molar-refractivity contribution in [1.29, 1.82) is 0 Å². The number of anilines is 1. The maximum absolute atomic E-state index is 12.7. The zero-order valence-electron chi connectivity index (χ0n) is 16.2. The summed E-state index contributed by atoms with van der Waals surface area (Å²) < 4.78 is 6.41. The van der Waals surface area contributed by atoms with Gasteiger partial charge in [-0.2, -0.15) is 0 Å². The van der Waals surface area contributed by atoms with E-state index in [1.54, 1.807) is 16.2 Å². The fourth-order valence-electron chi connectivity index (χ4n) is 3.75. The summed E-state index contributed by atoms with van der Waals surface area (Å²) in [6, 6.07) is 11.5. The van der Waals surface area contributed by atoms with Crippen LogP contribution in [0.25, 0.3) is 0 Å². The first-order chi connectivity index (χ1) is 14.1. The highest BCUT2D eigenvalue weighted by Gasteiger charge is 2.26. The number of hydrogen-bond acceptors (Lipinski definition) is 5. The SMILES string of the molecule is O=C(CCC(=O)N1CCOc2ccccc21)N1CCN(Cc2ccc(Cl)s2)CC1. The van der Waals surface area contributed by atoms with Crippen molar-refractivity contribution in [2.24, 2.45) is 0 Å². The van der Waals surface area contributed by atoms with Crippen LogP contribution in [-0.2, 0) is 16.1 Å². The van der Waals surface area contributed by atoms with E-state index in [1.165, 1.54) is 4.88 Å². The van der Waals surface area contributed by atoms with Gasteiger partial charge in [-0.15, -0.1) is 11.3 Å². The minimum Gasteiger partial charge on any atom is -0.490 e. The van der Waals surface area contributed by atoms with E-state index in [0.29, 0.717) is 26.2 Å². The molecular formula is C21H24ClN3O3S. The molecule has 0 aliphatic carbocycles. The van der Waals surface area contributed by atoms with Gasteiger partial charge in [-0.1, -0.05) is 23.7 Å². The zero-order valence-corrected chi connectivity index (χ0v) is 17.8. The molecule has 2 aromatic rings. The lowest BCUT2D eigenvalue weighted by Gasteiger charge is -2.34. The number of amides is 2. The Balaban J connectivity index is 1.24. The average molecular weight is 434 g/mol. The fourth-order valence-corrected chi connectivity index (χ4v) is 4.88. The molecule has 1 saturated heterocycles. The third-order valence-electron chi connectivity index (χ3n) is 5.32. The van der Waals surface area contributed by atoms with E-state index in [-0.39, 0.29) is 24.7 Å². The summed E-state index contributed by atoms with van der Waals surface area (Å²) in [4.78, 5) is 32.5. The molecule has 1 aromatic carbocycles. The summed E-state index contributed by atoms with van der Waals surface area (Å²) in [5.74, 6) is 0.752. The van der Waals surface area contributed by atoms with Crippen molar-refractivity contribution in [2.45, 2.75) is 19.4 Å². The molecule has 1 aromatic heterocycles. The van der Waals surface area contributed by atoms with Crippen LogP contribution >= 0.6 is 22.9 Å². The monoisotopic (exact) mass is 433 g/mol. The molecule has 154 valence electrons. The lowest BCUT2D eigenvalue weighted by molar-refractivity contribution is -0.134. The minimum atomic E-state index is -0.0256. The highest BCUT2D eigenvalue weighted by Crippen LogP contribution is 2.31. The van der Waals surface area contributed by atoms with E-state index in [2.05, 4.69) is 11.0 Å². The highest BCUT2D eigenvalue weighted by atomic mass is 35.5.